The summed E-state index contributed by atoms with van der Waals surface area (Å²) in [5.41, 5.74) is 0. The second-order valence-electron chi connectivity index (χ2n) is 1.62. The van der Waals surface area contributed by atoms with E-state index < -0.39 is 20.0 Å². The second kappa shape index (κ2) is 4.01. The molecule has 0 aliphatic carbocycles. The lowest BCUT2D eigenvalue weighted by molar-refractivity contribution is 0.144. The smallest absolute Gasteiger partial charge is 0.205 e. The van der Waals surface area contributed by atoms with Gasteiger partial charge in [-0.2, -0.15) is 8.78 Å². The van der Waals surface area contributed by atoms with Crippen LogP contribution in [0.1, 0.15) is 0 Å². The molecule has 0 aromatic heterocycles. The average molecular weight is 282 g/mol. The molecule has 0 spiro atoms. The standard InChI is InChI=1S/C4Cl5F3/c5-1(4(9,11)12)2(10)3(6,7)8. The normalized spacial score (nSPS) is 16.0. The highest BCUT2D eigenvalue weighted by molar-refractivity contribution is 6.69. The first-order chi connectivity index (χ1) is 5.07. The van der Waals surface area contributed by atoms with Crippen LogP contribution in [0, 0.1) is 0 Å². The molecule has 0 bridgehead atoms. The van der Waals surface area contributed by atoms with Crippen LogP contribution in [-0.2, 0) is 0 Å². The summed E-state index contributed by atoms with van der Waals surface area (Å²) in [6, 6.07) is 0. The van der Waals surface area contributed by atoms with Gasteiger partial charge in [-0.15, -0.1) is 0 Å². The Kier molecular flexibility index (Phi) is 4.34. The van der Waals surface area contributed by atoms with Gasteiger partial charge in [-0.05, 0) is 11.6 Å². The zero-order valence-electron chi connectivity index (χ0n) is 5.02. The number of hydrogen-bond donors (Lipinski definition) is 0. The maximum atomic E-state index is 12.6. The summed E-state index contributed by atoms with van der Waals surface area (Å²) in [7, 11) is 0. The third kappa shape index (κ3) is 3.79. The highest BCUT2D eigenvalue weighted by atomic mass is 35.6. The van der Waals surface area contributed by atoms with E-state index >= 15 is 0 Å². The van der Waals surface area contributed by atoms with Gasteiger partial charge in [0.2, 0.25) is 3.79 Å². The SMILES string of the molecule is FC(=C(Cl)C(F)(F)Cl)C(Cl)(Cl)Cl. The molecule has 0 aromatic rings. The van der Waals surface area contributed by atoms with Crippen LogP contribution < -0.4 is 0 Å². The van der Waals surface area contributed by atoms with Crippen molar-refractivity contribution in [3.63, 3.8) is 0 Å². The lowest BCUT2D eigenvalue weighted by atomic mass is 10.5. The molecule has 12 heavy (non-hydrogen) atoms. The molecule has 0 aliphatic heterocycles. The van der Waals surface area contributed by atoms with Gasteiger partial charge in [0.15, 0.2) is 5.83 Å². The number of rotatable bonds is 1. The molecule has 0 amide bonds. The number of alkyl halides is 6. The largest absolute Gasteiger partial charge is 0.361 e. The molecule has 72 valence electrons. The Morgan fingerprint density at radius 1 is 1.00 bits per heavy atom. The monoisotopic (exact) mass is 280 g/mol. The summed E-state index contributed by atoms with van der Waals surface area (Å²) in [6.07, 6.45) is 0. The van der Waals surface area contributed by atoms with Gasteiger partial charge in [0.05, 0.1) is 0 Å². The van der Waals surface area contributed by atoms with Crippen molar-refractivity contribution in [1.29, 1.82) is 0 Å². The minimum absolute atomic E-state index is 1.64. The molecule has 0 saturated carbocycles. The fourth-order valence-electron chi connectivity index (χ4n) is 0.249. The topological polar surface area (TPSA) is 0 Å². The summed E-state index contributed by atoms with van der Waals surface area (Å²) in [4.78, 5) is 0. The van der Waals surface area contributed by atoms with Crippen molar-refractivity contribution in [3.05, 3.63) is 10.9 Å². The molecular weight excluding hydrogens is 282 g/mol. The third-order valence-corrected chi connectivity index (χ3v) is 1.88. The summed E-state index contributed by atoms with van der Waals surface area (Å²) in [5, 5.41) is -5.71. The van der Waals surface area contributed by atoms with Crippen LogP contribution in [0.2, 0.25) is 0 Å². The van der Waals surface area contributed by atoms with Crippen LogP contribution in [0.3, 0.4) is 0 Å². The summed E-state index contributed by atoms with van der Waals surface area (Å²) >= 11 is 23.8. The van der Waals surface area contributed by atoms with Crippen LogP contribution in [0.4, 0.5) is 13.2 Å². The van der Waals surface area contributed by atoms with E-state index in [9.17, 15) is 13.2 Å². The quantitative estimate of drug-likeness (QED) is 0.616. The van der Waals surface area contributed by atoms with Gasteiger partial charge < -0.3 is 0 Å². The molecular formula is C4Cl5F3. The molecule has 0 unspecified atom stereocenters. The second-order valence-corrected chi connectivity index (χ2v) is 4.76. The van der Waals surface area contributed by atoms with E-state index in [4.69, 9.17) is 46.4 Å². The first-order valence-corrected chi connectivity index (χ1v) is 4.15. The molecule has 0 radical (unpaired) electrons. The molecule has 0 N–H and O–H groups in total. The maximum Gasteiger partial charge on any atom is 0.361 e. The minimum Gasteiger partial charge on any atom is -0.205 e. The van der Waals surface area contributed by atoms with E-state index in [1.807, 2.05) is 0 Å². The molecule has 8 heteroatoms. The lowest BCUT2D eigenvalue weighted by Gasteiger charge is -2.12. The first-order valence-electron chi connectivity index (χ1n) is 2.26. The fourth-order valence-corrected chi connectivity index (χ4v) is 0.902. The van der Waals surface area contributed by atoms with Gasteiger partial charge in [0.1, 0.15) is 5.03 Å². The lowest BCUT2D eigenvalue weighted by Crippen LogP contribution is -2.13. The van der Waals surface area contributed by atoms with Crippen molar-refractivity contribution >= 4 is 58.0 Å². The summed E-state index contributed by atoms with van der Waals surface area (Å²) in [5.74, 6) is -1.80. The third-order valence-electron chi connectivity index (χ3n) is 0.690. The molecule has 0 heterocycles. The van der Waals surface area contributed by atoms with Crippen LogP contribution >= 0.6 is 58.0 Å². The Morgan fingerprint density at radius 3 is 1.42 bits per heavy atom. The van der Waals surface area contributed by atoms with Crippen molar-refractivity contribution in [1.82, 2.24) is 0 Å². The number of hydrogen-bond acceptors (Lipinski definition) is 0. The molecule has 0 aliphatic rings. The van der Waals surface area contributed by atoms with E-state index in [-0.39, 0.29) is 0 Å². The van der Waals surface area contributed by atoms with Gasteiger partial charge in [-0.25, -0.2) is 4.39 Å². The first kappa shape index (κ1) is 13.0. The summed E-state index contributed by atoms with van der Waals surface area (Å²) in [6.45, 7) is 0. The molecule has 0 aromatic carbocycles. The summed E-state index contributed by atoms with van der Waals surface area (Å²) < 4.78 is 34.1. The van der Waals surface area contributed by atoms with E-state index in [1.165, 1.54) is 0 Å². The van der Waals surface area contributed by atoms with E-state index in [2.05, 4.69) is 11.6 Å². The fraction of sp³-hybridized carbons (Fsp3) is 0.500. The van der Waals surface area contributed by atoms with Crippen molar-refractivity contribution in [2.75, 3.05) is 0 Å². The van der Waals surface area contributed by atoms with Crippen molar-refractivity contribution in [3.8, 4) is 0 Å². The van der Waals surface area contributed by atoms with E-state index in [1.54, 1.807) is 0 Å². The van der Waals surface area contributed by atoms with Gasteiger partial charge in [0, 0.05) is 0 Å². The van der Waals surface area contributed by atoms with Gasteiger partial charge >= 0.3 is 5.38 Å². The molecule has 0 nitrogen and oxygen atoms in total. The average Bonchev–Trinajstić information content (AvgIpc) is 1.80. The Hall–Kier alpha value is 0.980. The van der Waals surface area contributed by atoms with Crippen LogP contribution in [0.15, 0.2) is 10.9 Å². The van der Waals surface area contributed by atoms with Gasteiger partial charge in [-0.3, -0.25) is 0 Å². The van der Waals surface area contributed by atoms with Gasteiger partial charge in [0.25, 0.3) is 0 Å². The predicted octanol–water partition coefficient (Wildman–Crippen LogP) is 4.61. The highest BCUT2D eigenvalue weighted by Gasteiger charge is 2.40. The molecule has 0 fully saturated rings. The number of allylic oxidation sites excluding steroid dienone is 2. The predicted molar refractivity (Wildman–Crippen MR) is 45.1 cm³/mol. The van der Waals surface area contributed by atoms with Crippen LogP contribution in [0.5, 0.6) is 0 Å². The van der Waals surface area contributed by atoms with Crippen molar-refractivity contribution in [2.24, 2.45) is 0 Å². The Balaban J connectivity index is 4.96. The Bertz CT molecular complexity index is 178. The molecule has 0 saturated heterocycles. The Labute approximate surface area is 91.2 Å². The maximum absolute atomic E-state index is 12.6. The highest BCUT2D eigenvalue weighted by Crippen LogP contribution is 2.43. The van der Waals surface area contributed by atoms with Crippen molar-refractivity contribution < 1.29 is 13.2 Å². The molecule has 0 atom stereocenters. The molecule has 0 rings (SSSR count). The zero-order chi connectivity index (χ0) is 10.2. The van der Waals surface area contributed by atoms with Gasteiger partial charge in [-0.1, -0.05) is 46.4 Å². The van der Waals surface area contributed by atoms with E-state index in [0.29, 0.717) is 0 Å². The minimum atomic E-state index is -4.07. The van der Waals surface area contributed by atoms with Crippen LogP contribution in [0.25, 0.3) is 0 Å². The van der Waals surface area contributed by atoms with Crippen LogP contribution in [-0.4, -0.2) is 9.17 Å². The van der Waals surface area contributed by atoms with E-state index in [0.717, 1.165) is 0 Å². The zero-order valence-corrected chi connectivity index (χ0v) is 8.80. The van der Waals surface area contributed by atoms with Crippen molar-refractivity contribution in [2.45, 2.75) is 9.17 Å². The number of halogens is 8. The Morgan fingerprint density at radius 2 is 1.33 bits per heavy atom.